The smallest absolute Gasteiger partial charge is 0.111 e. The monoisotopic (exact) mass is 310 g/mol. The number of nitrogens with zero attached hydrogens (tertiary/aromatic N) is 1. The lowest BCUT2D eigenvalue weighted by Crippen LogP contribution is -2.34. The topological polar surface area (TPSA) is 42.0 Å². The van der Waals surface area contributed by atoms with E-state index in [2.05, 4.69) is 25.6 Å². The molecule has 1 aromatic heterocycles. The first-order valence-corrected chi connectivity index (χ1v) is 7.36. The summed E-state index contributed by atoms with van der Waals surface area (Å²) in [5.41, 5.74) is 0. The van der Waals surface area contributed by atoms with Crippen LogP contribution in [0.15, 0.2) is 9.98 Å². The minimum Gasteiger partial charge on any atom is -0.247 e. The predicted octanol–water partition coefficient (Wildman–Crippen LogP) is 3.02. The maximum Gasteiger partial charge on any atom is 0.111 e. The zero-order valence-electron chi connectivity index (χ0n) is 9.20. The Morgan fingerprint density at radius 1 is 1.60 bits per heavy atom. The fourth-order valence-corrected chi connectivity index (χ4v) is 2.96. The summed E-state index contributed by atoms with van der Waals surface area (Å²) in [6.45, 7) is 7.80. The van der Waals surface area contributed by atoms with Gasteiger partial charge in [0.2, 0.25) is 0 Å². The van der Waals surface area contributed by atoms with Crippen molar-refractivity contribution < 1.29 is 4.21 Å². The second kappa shape index (κ2) is 5.03. The Morgan fingerprint density at radius 2 is 2.20 bits per heavy atom. The maximum absolute atomic E-state index is 11.8. The molecule has 0 radical (unpaired) electrons. The van der Waals surface area contributed by atoms with Crippen molar-refractivity contribution in [2.24, 2.45) is 0 Å². The zero-order chi connectivity index (χ0) is 11.6. The lowest BCUT2D eigenvalue weighted by Gasteiger charge is -2.20. The highest BCUT2D eigenvalue weighted by atomic mass is 79.9. The molecule has 0 aliphatic carbocycles. The van der Waals surface area contributed by atoms with Gasteiger partial charge in [0.15, 0.2) is 0 Å². The molecule has 0 aliphatic rings. The molecule has 3 nitrogen and oxygen atoms in total. The first kappa shape index (κ1) is 13.3. The van der Waals surface area contributed by atoms with Crippen LogP contribution in [0.1, 0.15) is 38.7 Å². The van der Waals surface area contributed by atoms with E-state index in [0.29, 0.717) is 0 Å². The van der Waals surface area contributed by atoms with E-state index in [1.807, 2.05) is 27.7 Å². The number of thiazole rings is 1. The molecular weight excluding hydrogens is 296 g/mol. The van der Waals surface area contributed by atoms with Crippen LogP contribution in [0.5, 0.6) is 0 Å². The molecule has 0 saturated carbocycles. The van der Waals surface area contributed by atoms with E-state index in [-0.39, 0.29) is 10.8 Å². The van der Waals surface area contributed by atoms with E-state index in [1.165, 1.54) is 0 Å². The van der Waals surface area contributed by atoms with Crippen LogP contribution in [0.25, 0.3) is 0 Å². The minimum absolute atomic E-state index is 0.0151. The minimum atomic E-state index is -1.06. The van der Waals surface area contributed by atoms with Crippen LogP contribution in [-0.4, -0.2) is 13.9 Å². The number of nitrogens with one attached hydrogen (secondary N) is 1. The molecule has 6 heteroatoms. The largest absolute Gasteiger partial charge is 0.247 e. The van der Waals surface area contributed by atoms with Crippen LogP contribution in [0.2, 0.25) is 0 Å². The van der Waals surface area contributed by atoms with E-state index in [9.17, 15) is 4.21 Å². The standard InChI is InChI=1S/C9H15BrN2OS2/c1-6(8-11-5-7(10)14-8)12-15(13)9(2,3)4/h5-6,12H,1-4H3/t6-,15?/m1/s1. The number of rotatable bonds is 3. The Kier molecular flexibility index (Phi) is 4.46. The van der Waals surface area contributed by atoms with Crippen molar-refractivity contribution in [1.29, 1.82) is 0 Å². The van der Waals surface area contributed by atoms with E-state index in [0.717, 1.165) is 8.79 Å². The van der Waals surface area contributed by atoms with E-state index < -0.39 is 11.0 Å². The summed E-state index contributed by atoms with van der Waals surface area (Å²) in [4.78, 5) is 4.23. The Morgan fingerprint density at radius 3 is 2.60 bits per heavy atom. The van der Waals surface area contributed by atoms with Gasteiger partial charge >= 0.3 is 0 Å². The highest BCUT2D eigenvalue weighted by molar-refractivity contribution is 9.11. The van der Waals surface area contributed by atoms with Gasteiger partial charge in [0.25, 0.3) is 0 Å². The van der Waals surface area contributed by atoms with Gasteiger partial charge in [-0.1, -0.05) is 0 Å². The molecule has 0 spiro atoms. The maximum atomic E-state index is 11.8. The molecule has 2 atom stereocenters. The van der Waals surface area contributed by atoms with Gasteiger partial charge in [-0.05, 0) is 43.6 Å². The predicted molar refractivity (Wildman–Crippen MR) is 69.3 cm³/mol. The molecule has 0 saturated heterocycles. The van der Waals surface area contributed by atoms with Crippen molar-refractivity contribution >= 4 is 38.3 Å². The third-order valence-corrected chi connectivity index (χ3v) is 5.04. The highest BCUT2D eigenvalue weighted by Crippen LogP contribution is 2.25. The van der Waals surface area contributed by atoms with Gasteiger partial charge in [0.05, 0.1) is 31.8 Å². The average Bonchev–Trinajstić information content (AvgIpc) is 2.50. The van der Waals surface area contributed by atoms with E-state index in [1.54, 1.807) is 17.5 Å². The molecule has 15 heavy (non-hydrogen) atoms. The zero-order valence-corrected chi connectivity index (χ0v) is 12.4. The fraction of sp³-hybridized carbons (Fsp3) is 0.667. The molecule has 0 bridgehead atoms. The summed E-state index contributed by atoms with van der Waals surface area (Å²) in [6, 6.07) is 0.0151. The molecule has 86 valence electrons. The third kappa shape index (κ3) is 3.94. The Hall–Kier alpha value is 0.220. The molecule has 1 rings (SSSR count). The second-order valence-electron chi connectivity index (χ2n) is 4.22. The molecule has 0 aliphatic heterocycles. The summed E-state index contributed by atoms with van der Waals surface area (Å²) in [5, 5.41) is 0.944. The normalized spacial score (nSPS) is 16.3. The average molecular weight is 311 g/mol. The molecule has 0 aromatic carbocycles. The summed E-state index contributed by atoms with van der Waals surface area (Å²) in [5.74, 6) is 0. The SMILES string of the molecule is C[C@@H](NS(=O)C(C)(C)C)c1ncc(Br)s1. The Bertz CT molecular complexity index is 359. The summed E-state index contributed by atoms with van der Waals surface area (Å²) >= 11 is 4.92. The Labute approximate surface area is 105 Å². The van der Waals surface area contributed by atoms with Crippen LogP contribution >= 0.6 is 27.3 Å². The van der Waals surface area contributed by atoms with Crippen LogP contribution in [0.4, 0.5) is 0 Å². The van der Waals surface area contributed by atoms with Gasteiger partial charge in [0.1, 0.15) is 5.01 Å². The van der Waals surface area contributed by atoms with Crippen molar-refractivity contribution in [3.05, 3.63) is 15.0 Å². The lowest BCUT2D eigenvalue weighted by atomic mass is 10.3. The second-order valence-corrected chi connectivity index (χ2v) is 8.66. The lowest BCUT2D eigenvalue weighted by molar-refractivity contribution is 0.615. The van der Waals surface area contributed by atoms with Gasteiger partial charge in [-0.15, -0.1) is 11.3 Å². The highest BCUT2D eigenvalue weighted by Gasteiger charge is 2.22. The van der Waals surface area contributed by atoms with Crippen LogP contribution in [0.3, 0.4) is 0 Å². The molecule has 1 N–H and O–H groups in total. The molecular formula is C9H15BrN2OS2. The molecule has 1 heterocycles. The van der Waals surface area contributed by atoms with Crippen molar-refractivity contribution in [1.82, 2.24) is 9.71 Å². The fourth-order valence-electron chi connectivity index (χ4n) is 0.855. The van der Waals surface area contributed by atoms with Gasteiger partial charge in [0, 0.05) is 0 Å². The van der Waals surface area contributed by atoms with Crippen molar-refractivity contribution in [3.8, 4) is 0 Å². The van der Waals surface area contributed by atoms with Crippen LogP contribution in [0, 0.1) is 0 Å². The number of halogens is 1. The Balaban J connectivity index is 2.64. The van der Waals surface area contributed by atoms with Crippen molar-refractivity contribution in [2.75, 3.05) is 0 Å². The molecule has 1 aromatic rings. The van der Waals surface area contributed by atoms with Gasteiger partial charge in [-0.3, -0.25) is 0 Å². The van der Waals surface area contributed by atoms with Crippen molar-refractivity contribution in [3.63, 3.8) is 0 Å². The summed E-state index contributed by atoms with van der Waals surface area (Å²) in [6.07, 6.45) is 1.76. The number of aromatic nitrogens is 1. The quantitative estimate of drug-likeness (QED) is 0.932. The first-order valence-electron chi connectivity index (χ1n) is 4.60. The van der Waals surface area contributed by atoms with Gasteiger partial charge in [-0.2, -0.15) is 0 Å². The summed E-state index contributed by atoms with van der Waals surface area (Å²) in [7, 11) is -1.06. The van der Waals surface area contributed by atoms with Gasteiger partial charge in [-0.25, -0.2) is 13.9 Å². The van der Waals surface area contributed by atoms with Crippen LogP contribution < -0.4 is 4.72 Å². The molecule has 0 amide bonds. The van der Waals surface area contributed by atoms with E-state index in [4.69, 9.17) is 0 Å². The molecule has 1 unspecified atom stereocenters. The number of hydrogen-bond donors (Lipinski definition) is 1. The van der Waals surface area contributed by atoms with Crippen LogP contribution in [-0.2, 0) is 11.0 Å². The van der Waals surface area contributed by atoms with E-state index >= 15 is 0 Å². The first-order chi connectivity index (χ1) is 6.80. The van der Waals surface area contributed by atoms with Gasteiger partial charge < -0.3 is 0 Å². The molecule has 0 fully saturated rings. The number of hydrogen-bond acceptors (Lipinski definition) is 3. The third-order valence-electron chi connectivity index (χ3n) is 1.71. The summed E-state index contributed by atoms with van der Waals surface area (Å²) < 4.78 is 15.6. The van der Waals surface area contributed by atoms with Crippen molar-refractivity contribution in [2.45, 2.75) is 38.5 Å².